The van der Waals surface area contributed by atoms with Crippen LogP contribution in [0.2, 0.25) is 5.02 Å². The van der Waals surface area contributed by atoms with Crippen molar-refractivity contribution in [3.8, 4) is 5.75 Å². The number of nitrogens with one attached hydrogen (secondary N) is 2. The number of aromatic nitrogens is 3. The first-order valence-corrected chi connectivity index (χ1v) is 12.9. The average Bonchev–Trinajstić information content (AvgIpc) is 3.24. The van der Waals surface area contributed by atoms with Crippen LogP contribution in [0.25, 0.3) is 0 Å². The highest BCUT2D eigenvalue weighted by Crippen LogP contribution is 2.39. The Balaban J connectivity index is 2.15. The highest BCUT2D eigenvalue weighted by Gasteiger charge is 2.36. The fraction of sp³-hybridized carbons (Fsp3) is 0.391. The molecule has 0 saturated heterocycles. The second-order valence-electron chi connectivity index (χ2n) is 8.35. The molecule has 2 N–H and O–H groups in total. The Labute approximate surface area is 217 Å². The van der Waals surface area contributed by atoms with E-state index in [1.807, 2.05) is 0 Å². The number of H-pyrrole nitrogens is 1. The van der Waals surface area contributed by atoms with Crippen molar-refractivity contribution in [2.24, 2.45) is 0 Å². The van der Waals surface area contributed by atoms with Crippen molar-refractivity contribution in [1.82, 2.24) is 19.9 Å². The summed E-state index contributed by atoms with van der Waals surface area (Å²) in [6.07, 6.45) is 0.103. The lowest BCUT2D eigenvalue weighted by molar-refractivity contribution is -0.145. The fourth-order valence-electron chi connectivity index (χ4n) is 4.04. The first-order valence-electron chi connectivity index (χ1n) is 11.0. The Hall–Kier alpha value is -3.29. The van der Waals surface area contributed by atoms with E-state index in [9.17, 15) is 22.4 Å². The summed E-state index contributed by atoms with van der Waals surface area (Å²) in [5, 5.41) is 5.29. The van der Waals surface area contributed by atoms with Gasteiger partial charge in [-0.3, -0.25) is 4.79 Å². The summed E-state index contributed by atoms with van der Waals surface area (Å²) in [5.74, 6) is -3.59. The van der Waals surface area contributed by atoms with Crippen molar-refractivity contribution in [3.63, 3.8) is 0 Å². The predicted molar refractivity (Wildman–Crippen MR) is 130 cm³/mol. The molecule has 200 valence electrons. The summed E-state index contributed by atoms with van der Waals surface area (Å²) in [4.78, 5) is 27.1. The zero-order valence-electron chi connectivity index (χ0n) is 20.9. The molecule has 0 amide bonds. The minimum Gasteiger partial charge on any atom is -0.493 e. The van der Waals surface area contributed by atoms with E-state index in [0.29, 0.717) is 5.56 Å². The molecule has 2 aromatic heterocycles. The number of aromatic amines is 1. The lowest BCUT2D eigenvalue weighted by Gasteiger charge is -2.25. The number of rotatable bonds is 9. The van der Waals surface area contributed by atoms with E-state index in [-0.39, 0.29) is 27.8 Å². The topological polar surface area (TPSA) is 153 Å². The van der Waals surface area contributed by atoms with E-state index in [1.165, 1.54) is 27.0 Å². The largest absolute Gasteiger partial charge is 0.493 e. The molecule has 3 aromatic rings. The number of benzene rings is 1. The molecule has 0 radical (unpaired) electrons. The van der Waals surface area contributed by atoms with Gasteiger partial charge in [-0.2, -0.15) is 4.72 Å². The van der Waals surface area contributed by atoms with Gasteiger partial charge in [0, 0.05) is 19.0 Å². The predicted octanol–water partition coefficient (Wildman–Crippen LogP) is 3.62. The molecule has 0 spiro atoms. The third-order valence-electron chi connectivity index (χ3n) is 5.89. The number of carbonyl (C=O) groups excluding carboxylic acids is 1. The molecule has 11 nitrogen and oxygen atoms in total. The number of hydrogen-bond acceptors (Lipinski definition) is 9. The van der Waals surface area contributed by atoms with Crippen molar-refractivity contribution in [2.75, 3.05) is 7.11 Å². The van der Waals surface area contributed by atoms with Gasteiger partial charge in [-0.05, 0) is 43.5 Å². The number of pyridine rings is 1. The zero-order chi connectivity index (χ0) is 27.7. The minimum absolute atomic E-state index is 0.00484. The van der Waals surface area contributed by atoms with E-state index in [4.69, 9.17) is 25.5 Å². The Kier molecular flexibility index (Phi) is 8.40. The maximum Gasteiger partial charge on any atom is 0.434 e. The SMILES string of the molecule is COc1c(S(=O)(=O)NC(c2n[nH]c(=O)o2)C(C)c2c(F)ccc(C)c2C)ncc(Cl)c1C(C)OC(C)=O. The van der Waals surface area contributed by atoms with Gasteiger partial charge in [0.2, 0.25) is 10.9 Å². The van der Waals surface area contributed by atoms with Crippen LogP contribution in [-0.2, 0) is 19.6 Å². The van der Waals surface area contributed by atoms with Gasteiger partial charge in [0.05, 0.1) is 17.7 Å². The van der Waals surface area contributed by atoms with Crippen molar-refractivity contribution < 1.29 is 31.5 Å². The summed E-state index contributed by atoms with van der Waals surface area (Å²) in [5.41, 5.74) is 1.65. The number of carbonyl (C=O) groups is 1. The quantitative estimate of drug-likeness (QED) is 0.376. The van der Waals surface area contributed by atoms with Crippen molar-refractivity contribution >= 4 is 27.6 Å². The Morgan fingerprint density at radius 2 is 1.92 bits per heavy atom. The molecule has 14 heteroatoms. The van der Waals surface area contributed by atoms with Crippen LogP contribution in [-0.4, -0.2) is 36.7 Å². The molecule has 0 fully saturated rings. The van der Waals surface area contributed by atoms with Crippen molar-refractivity contribution in [2.45, 2.75) is 57.7 Å². The maximum absolute atomic E-state index is 14.9. The normalized spacial score (nSPS) is 14.2. The number of aryl methyl sites for hydroxylation is 1. The first-order chi connectivity index (χ1) is 17.3. The number of ether oxygens (including phenoxy) is 2. The third kappa shape index (κ3) is 5.84. The van der Waals surface area contributed by atoms with Crippen LogP contribution in [0.15, 0.2) is 32.6 Å². The molecule has 0 saturated carbocycles. The molecule has 3 unspecified atom stereocenters. The van der Waals surface area contributed by atoms with Gasteiger partial charge >= 0.3 is 11.7 Å². The molecule has 37 heavy (non-hydrogen) atoms. The summed E-state index contributed by atoms with van der Waals surface area (Å²) < 4.78 is 60.2. The Morgan fingerprint density at radius 3 is 2.49 bits per heavy atom. The number of nitrogens with zero attached hydrogens (tertiary/aromatic N) is 2. The van der Waals surface area contributed by atoms with Crippen LogP contribution in [0.4, 0.5) is 4.39 Å². The van der Waals surface area contributed by atoms with Gasteiger partial charge in [0.1, 0.15) is 18.0 Å². The summed E-state index contributed by atoms with van der Waals surface area (Å²) >= 11 is 6.24. The van der Waals surface area contributed by atoms with Crippen LogP contribution in [0.1, 0.15) is 67.0 Å². The maximum atomic E-state index is 14.9. The Morgan fingerprint density at radius 1 is 1.24 bits per heavy atom. The molecule has 0 aliphatic heterocycles. The van der Waals surface area contributed by atoms with Crippen LogP contribution in [0, 0.1) is 19.7 Å². The Bertz CT molecular complexity index is 1490. The highest BCUT2D eigenvalue weighted by molar-refractivity contribution is 7.89. The van der Waals surface area contributed by atoms with Gasteiger partial charge in [-0.25, -0.2) is 27.7 Å². The monoisotopic (exact) mass is 556 g/mol. The second-order valence-corrected chi connectivity index (χ2v) is 10.4. The summed E-state index contributed by atoms with van der Waals surface area (Å²) in [7, 11) is -3.35. The zero-order valence-corrected chi connectivity index (χ0v) is 22.5. The summed E-state index contributed by atoms with van der Waals surface area (Å²) in [6.45, 7) is 7.72. The van der Waals surface area contributed by atoms with Gasteiger partial charge in [-0.15, -0.1) is 5.10 Å². The molecular weight excluding hydrogens is 531 g/mol. The van der Waals surface area contributed by atoms with Gasteiger partial charge in [0.15, 0.2) is 5.75 Å². The number of halogens is 2. The van der Waals surface area contributed by atoms with E-state index < -0.39 is 50.7 Å². The van der Waals surface area contributed by atoms with Gasteiger partial charge < -0.3 is 13.9 Å². The van der Waals surface area contributed by atoms with Gasteiger partial charge in [0.25, 0.3) is 10.0 Å². The van der Waals surface area contributed by atoms with Crippen LogP contribution in [0.3, 0.4) is 0 Å². The molecule has 3 atom stereocenters. The minimum atomic E-state index is -4.55. The fourth-order valence-corrected chi connectivity index (χ4v) is 5.70. The van der Waals surface area contributed by atoms with Crippen LogP contribution >= 0.6 is 11.6 Å². The molecular formula is C23H26ClFN4O7S. The number of methoxy groups -OCH3 is 1. The number of hydrogen-bond donors (Lipinski definition) is 2. The molecule has 0 aliphatic carbocycles. The van der Waals surface area contributed by atoms with Crippen LogP contribution < -0.4 is 15.2 Å². The lowest BCUT2D eigenvalue weighted by Crippen LogP contribution is -2.34. The molecule has 0 aliphatic rings. The van der Waals surface area contributed by atoms with Gasteiger partial charge in [-0.1, -0.05) is 24.6 Å². The van der Waals surface area contributed by atoms with E-state index >= 15 is 0 Å². The molecule has 0 bridgehead atoms. The third-order valence-corrected chi connectivity index (χ3v) is 7.56. The smallest absolute Gasteiger partial charge is 0.434 e. The van der Waals surface area contributed by atoms with E-state index in [2.05, 4.69) is 19.9 Å². The van der Waals surface area contributed by atoms with Crippen LogP contribution in [0.5, 0.6) is 5.75 Å². The van der Waals surface area contributed by atoms with Crippen molar-refractivity contribution in [3.05, 3.63) is 67.9 Å². The standard InChI is InChI=1S/C23H26ClFN4O7S/c1-10-7-8-16(25)17(11(10)2)12(3)19(21-27-28-23(31)36-21)29-37(32,33)22-20(34-6)18(15(24)9-26-22)13(4)35-14(5)30/h7-9,12-13,19,29H,1-6H3,(H,28,31). The van der Waals surface area contributed by atoms with Crippen molar-refractivity contribution in [1.29, 1.82) is 0 Å². The first kappa shape index (κ1) is 28.3. The second kappa shape index (κ2) is 11.0. The molecule has 1 aromatic carbocycles. The van der Waals surface area contributed by atoms with E-state index in [1.54, 1.807) is 26.8 Å². The lowest BCUT2D eigenvalue weighted by atomic mass is 9.88. The molecule has 3 rings (SSSR count). The average molecular weight is 557 g/mol. The number of sulfonamides is 1. The highest BCUT2D eigenvalue weighted by atomic mass is 35.5. The van der Waals surface area contributed by atoms with E-state index in [0.717, 1.165) is 11.8 Å². The summed E-state index contributed by atoms with van der Waals surface area (Å²) in [6, 6.07) is 1.53. The molecule has 2 heterocycles. The number of esters is 1.